The minimum absolute atomic E-state index is 0.0484. The van der Waals surface area contributed by atoms with E-state index >= 15 is 0 Å². The van der Waals surface area contributed by atoms with Crippen LogP contribution in [-0.4, -0.2) is 17.6 Å². The molecule has 0 fully saturated rings. The van der Waals surface area contributed by atoms with Crippen molar-refractivity contribution in [2.45, 2.75) is 13.3 Å². The lowest BCUT2D eigenvalue weighted by molar-refractivity contribution is 0.0998. The maximum absolute atomic E-state index is 10.8. The zero-order chi connectivity index (χ0) is 9.14. The number of carbonyl (C=O) groups excluding carboxylic acids is 1. The predicted octanol–water partition coefficient (Wildman–Crippen LogP) is 0.222. The average molecular weight is 169 g/mol. The van der Waals surface area contributed by atoms with Crippen LogP contribution in [0, 0.1) is 6.92 Å². The number of amides is 1. The lowest BCUT2D eigenvalue weighted by Gasteiger charge is -1.94. The summed E-state index contributed by atoms with van der Waals surface area (Å²) in [6.45, 7) is 1.68. The second-order valence-corrected chi connectivity index (χ2v) is 2.53. The molecule has 1 aromatic heterocycles. The molecule has 1 amide bonds. The Morgan fingerprint density at radius 3 is 2.92 bits per heavy atom. The number of rotatable bonds is 3. The van der Waals surface area contributed by atoms with E-state index in [4.69, 9.17) is 15.3 Å². The van der Waals surface area contributed by atoms with Gasteiger partial charge in [-0.3, -0.25) is 4.79 Å². The van der Waals surface area contributed by atoms with Gasteiger partial charge in [0.05, 0.1) is 12.2 Å². The Kier molecular flexibility index (Phi) is 2.50. The molecule has 0 bridgehead atoms. The van der Waals surface area contributed by atoms with Crippen molar-refractivity contribution in [3.63, 3.8) is 0 Å². The molecule has 0 unspecified atom stereocenters. The fraction of sp³-hybridized carbons (Fsp3) is 0.375. The number of furan rings is 1. The van der Waals surface area contributed by atoms with Crippen LogP contribution in [0.25, 0.3) is 0 Å². The topological polar surface area (TPSA) is 76.5 Å². The normalized spacial score (nSPS) is 10.2. The molecule has 4 heteroatoms. The number of aryl methyl sites for hydroxylation is 1. The van der Waals surface area contributed by atoms with Crippen LogP contribution >= 0.6 is 0 Å². The number of nitrogens with two attached hydrogens (primary N) is 1. The van der Waals surface area contributed by atoms with Crippen molar-refractivity contribution >= 4 is 5.91 Å². The lowest BCUT2D eigenvalue weighted by atomic mass is 10.2. The van der Waals surface area contributed by atoms with Gasteiger partial charge in [0.2, 0.25) is 0 Å². The monoisotopic (exact) mass is 169 g/mol. The SMILES string of the molecule is Cc1cc(C(N)=O)c(CCO)o1. The van der Waals surface area contributed by atoms with Gasteiger partial charge < -0.3 is 15.3 Å². The largest absolute Gasteiger partial charge is 0.465 e. The zero-order valence-corrected chi connectivity index (χ0v) is 6.83. The fourth-order valence-electron chi connectivity index (χ4n) is 1.06. The maximum Gasteiger partial charge on any atom is 0.252 e. The van der Waals surface area contributed by atoms with Gasteiger partial charge in [0, 0.05) is 6.42 Å². The highest BCUT2D eigenvalue weighted by atomic mass is 16.3. The molecule has 66 valence electrons. The number of hydrogen-bond acceptors (Lipinski definition) is 3. The van der Waals surface area contributed by atoms with E-state index in [2.05, 4.69) is 0 Å². The molecule has 3 N–H and O–H groups in total. The van der Waals surface area contributed by atoms with E-state index in [1.807, 2.05) is 0 Å². The van der Waals surface area contributed by atoms with Gasteiger partial charge in [-0.05, 0) is 13.0 Å². The molecule has 0 radical (unpaired) electrons. The Labute approximate surface area is 70.0 Å². The minimum atomic E-state index is -0.518. The molecule has 0 aromatic carbocycles. The van der Waals surface area contributed by atoms with Crippen molar-refractivity contribution in [2.75, 3.05) is 6.61 Å². The molecule has 1 aromatic rings. The summed E-state index contributed by atoms with van der Waals surface area (Å²) in [6, 6.07) is 1.58. The Morgan fingerprint density at radius 1 is 1.75 bits per heavy atom. The van der Waals surface area contributed by atoms with E-state index in [-0.39, 0.29) is 6.61 Å². The highest BCUT2D eigenvalue weighted by Gasteiger charge is 2.12. The molecule has 0 spiro atoms. The predicted molar refractivity (Wildman–Crippen MR) is 42.8 cm³/mol. The van der Waals surface area contributed by atoms with Crippen LogP contribution in [0.5, 0.6) is 0 Å². The van der Waals surface area contributed by atoms with E-state index in [0.717, 1.165) is 0 Å². The van der Waals surface area contributed by atoms with Crippen molar-refractivity contribution in [1.29, 1.82) is 0 Å². The molecular formula is C8H11NO3. The summed E-state index contributed by atoms with van der Waals surface area (Å²) in [4.78, 5) is 10.8. The number of primary amides is 1. The highest BCUT2D eigenvalue weighted by Crippen LogP contribution is 2.14. The number of hydrogen-bond donors (Lipinski definition) is 2. The second kappa shape index (κ2) is 3.40. The number of aliphatic hydroxyl groups excluding tert-OH is 1. The summed E-state index contributed by atoms with van der Waals surface area (Å²) in [6.07, 6.45) is 0.326. The summed E-state index contributed by atoms with van der Waals surface area (Å²) >= 11 is 0. The van der Waals surface area contributed by atoms with Gasteiger partial charge in [-0.2, -0.15) is 0 Å². The van der Waals surface area contributed by atoms with Crippen LogP contribution in [0.4, 0.5) is 0 Å². The molecule has 1 rings (SSSR count). The van der Waals surface area contributed by atoms with Gasteiger partial charge in [0.1, 0.15) is 11.5 Å². The molecule has 1 heterocycles. The minimum Gasteiger partial charge on any atom is -0.465 e. The van der Waals surface area contributed by atoms with Crippen LogP contribution in [0.1, 0.15) is 21.9 Å². The summed E-state index contributed by atoms with van der Waals surface area (Å²) in [5.41, 5.74) is 5.44. The summed E-state index contributed by atoms with van der Waals surface area (Å²) in [5.74, 6) is 0.574. The van der Waals surface area contributed by atoms with Gasteiger partial charge >= 0.3 is 0 Å². The van der Waals surface area contributed by atoms with E-state index in [1.54, 1.807) is 13.0 Å². The average Bonchev–Trinajstić information content (AvgIpc) is 2.32. The standard InChI is InChI=1S/C8H11NO3/c1-5-4-6(8(9)11)7(12-5)2-3-10/h4,10H,2-3H2,1H3,(H2,9,11). The Hall–Kier alpha value is -1.29. The third-order valence-electron chi connectivity index (χ3n) is 1.54. The zero-order valence-electron chi connectivity index (χ0n) is 6.83. The van der Waals surface area contributed by atoms with Gasteiger partial charge in [0.25, 0.3) is 5.91 Å². The number of aliphatic hydroxyl groups is 1. The Balaban J connectivity index is 2.99. The molecule has 0 saturated carbocycles. The summed E-state index contributed by atoms with van der Waals surface area (Å²) < 4.78 is 5.16. The summed E-state index contributed by atoms with van der Waals surface area (Å²) in [7, 11) is 0. The second-order valence-electron chi connectivity index (χ2n) is 2.53. The Bertz CT molecular complexity index is 290. The van der Waals surface area contributed by atoms with Gasteiger partial charge in [-0.25, -0.2) is 0 Å². The van der Waals surface area contributed by atoms with E-state index in [1.165, 1.54) is 0 Å². The van der Waals surface area contributed by atoms with E-state index in [9.17, 15) is 4.79 Å². The first-order chi connectivity index (χ1) is 5.65. The van der Waals surface area contributed by atoms with Crippen molar-refractivity contribution in [3.8, 4) is 0 Å². The molecule has 0 saturated heterocycles. The molecule has 0 aliphatic heterocycles. The maximum atomic E-state index is 10.8. The van der Waals surface area contributed by atoms with Crippen LogP contribution in [0.15, 0.2) is 10.5 Å². The van der Waals surface area contributed by atoms with Crippen LogP contribution in [0.3, 0.4) is 0 Å². The molecule has 0 atom stereocenters. The third kappa shape index (κ3) is 1.65. The fourth-order valence-corrected chi connectivity index (χ4v) is 1.06. The van der Waals surface area contributed by atoms with Crippen LogP contribution < -0.4 is 5.73 Å². The molecular weight excluding hydrogens is 158 g/mol. The quantitative estimate of drug-likeness (QED) is 0.679. The first-order valence-electron chi connectivity index (χ1n) is 3.65. The van der Waals surface area contributed by atoms with E-state index < -0.39 is 5.91 Å². The molecule has 4 nitrogen and oxygen atoms in total. The lowest BCUT2D eigenvalue weighted by Crippen LogP contribution is -2.12. The van der Waals surface area contributed by atoms with Gasteiger partial charge in [-0.1, -0.05) is 0 Å². The van der Waals surface area contributed by atoms with Crippen molar-refractivity contribution in [2.24, 2.45) is 5.73 Å². The Morgan fingerprint density at radius 2 is 2.42 bits per heavy atom. The van der Waals surface area contributed by atoms with Gasteiger partial charge in [-0.15, -0.1) is 0 Å². The van der Waals surface area contributed by atoms with E-state index in [0.29, 0.717) is 23.5 Å². The van der Waals surface area contributed by atoms with Crippen LogP contribution in [-0.2, 0) is 6.42 Å². The van der Waals surface area contributed by atoms with Crippen molar-refractivity contribution in [1.82, 2.24) is 0 Å². The van der Waals surface area contributed by atoms with Gasteiger partial charge in [0.15, 0.2) is 0 Å². The molecule has 0 aliphatic rings. The van der Waals surface area contributed by atoms with Crippen molar-refractivity contribution in [3.05, 3.63) is 23.2 Å². The summed E-state index contributed by atoms with van der Waals surface area (Å²) in [5, 5.41) is 8.62. The third-order valence-corrected chi connectivity index (χ3v) is 1.54. The highest BCUT2D eigenvalue weighted by molar-refractivity contribution is 5.93. The first kappa shape index (κ1) is 8.80. The first-order valence-corrected chi connectivity index (χ1v) is 3.65. The smallest absolute Gasteiger partial charge is 0.252 e. The van der Waals surface area contributed by atoms with Crippen LogP contribution in [0.2, 0.25) is 0 Å². The molecule has 0 aliphatic carbocycles. The number of carbonyl (C=O) groups is 1. The van der Waals surface area contributed by atoms with Crippen molar-refractivity contribution < 1.29 is 14.3 Å². The molecule has 12 heavy (non-hydrogen) atoms.